The number of aromatic nitrogens is 1. The van der Waals surface area contributed by atoms with Gasteiger partial charge in [0, 0.05) is 13.6 Å². The van der Waals surface area contributed by atoms with E-state index in [4.69, 9.17) is 5.11 Å². The molecule has 104 valence electrons. The first-order valence-corrected chi connectivity index (χ1v) is 6.42. The van der Waals surface area contributed by atoms with Crippen LogP contribution in [-0.2, 0) is 6.54 Å². The van der Waals surface area contributed by atoms with E-state index < -0.39 is 10.9 Å². The van der Waals surface area contributed by atoms with Gasteiger partial charge >= 0.3 is 11.0 Å². The lowest BCUT2D eigenvalue weighted by molar-refractivity contribution is -0.380. The summed E-state index contributed by atoms with van der Waals surface area (Å²) in [7, 11) is 1.77. The summed E-state index contributed by atoms with van der Waals surface area (Å²) in [5.74, 6) is -0.972. The van der Waals surface area contributed by atoms with Crippen LogP contribution in [0.15, 0.2) is 30.5 Å². The number of carboxylic acid groups (broad SMARTS) is 1. The molecule has 0 amide bonds. The maximum absolute atomic E-state index is 10.7. The SMILES string of the molecule is CN(Cc1ccc(C(=O)O)cc1)c1ncc([N+](=O)[O-])s1. The predicted molar refractivity (Wildman–Crippen MR) is 74.3 cm³/mol. The Hall–Kier alpha value is -2.48. The van der Waals surface area contributed by atoms with E-state index >= 15 is 0 Å². The molecule has 0 aliphatic heterocycles. The summed E-state index contributed by atoms with van der Waals surface area (Å²) in [5, 5.41) is 19.9. The monoisotopic (exact) mass is 293 g/mol. The number of thiazole rings is 1. The van der Waals surface area contributed by atoms with Crippen molar-refractivity contribution in [1.82, 2.24) is 4.98 Å². The lowest BCUT2D eigenvalue weighted by Crippen LogP contribution is -2.16. The Bertz CT molecular complexity index is 638. The van der Waals surface area contributed by atoms with Crippen molar-refractivity contribution >= 4 is 27.4 Å². The molecular weight excluding hydrogens is 282 g/mol. The van der Waals surface area contributed by atoms with Gasteiger partial charge in [0.25, 0.3) is 0 Å². The van der Waals surface area contributed by atoms with E-state index in [1.807, 2.05) is 0 Å². The maximum atomic E-state index is 10.7. The summed E-state index contributed by atoms with van der Waals surface area (Å²) in [6, 6.07) is 6.47. The average Bonchev–Trinajstić information content (AvgIpc) is 2.89. The topological polar surface area (TPSA) is 96.6 Å². The minimum absolute atomic E-state index is 0.00641. The number of hydrogen-bond donors (Lipinski definition) is 1. The van der Waals surface area contributed by atoms with Crippen LogP contribution in [0.3, 0.4) is 0 Å². The zero-order chi connectivity index (χ0) is 14.7. The fourth-order valence-electron chi connectivity index (χ4n) is 1.61. The molecule has 0 bridgehead atoms. The second-order valence-electron chi connectivity index (χ2n) is 4.10. The van der Waals surface area contributed by atoms with E-state index in [0.717, 1.165) is 16.9 Å². The molecule has 0 radical (unpaired) electrons. The van der Waals surface area contributed by atoms with E-state index in [1.165, 1.54) is 18.3 Å². The van der Waals surface area contributed by atoms with E-state index in [0.29, 0.717) is 11.7 Å². The quantitative estimate of drug-likeness (QED) is 0.671. The van der Waals surface area contributed by atoms with Gasteiger partial charge < -0.3 is 10.0 Å². The molecule has 0 unspecified atom stereocenters. The number of anilines is 1. The molecule has 1 aromatic heterocycles. The van der Waals surface area contributed by atoms with Gasteiger partial charge in [0.15, 0.2) is 5.13 Å². The van der Waals surface area contributed by atoms with Gasteiger partial charge in [-0.25, -0.2) is 9.78 Å². The highest BCUT2D eigenvalue weighted by Gasteiger charge is 2.14. The predicted octanol–water partition coefficient (Wildman–Crippen LogP) is 2.39. The third-order valence-corrected chi connectivity index (χ3v) is 3.67. The Balaban J connectivity index is 2.08. The number of nitrogens with zero attached hydrogens (tertiary/aromatic N) is 3. The molecule has 1 N–H and O–H groups in total. The number of rotatable bonds is 5. The van der Waals surface area contributed by atoms with E-state index in [9.17, 15) is 14.9 Å². The molecule has 0 fully saturated rings. The minimum atomic E-state index is -0.972. The van der Waals surface area contributed by atoms with Crippen LogP contribution in [0.25, 0.3) is 0 Å². The molecular formula is C12H11N3O4S. The molecule has 20 heavy (non-hydrogen) atoms. The van der Waals surface area contributed by atoms with Crippen molar-refractivity contribution in [1.29, 1.82) is 0 Å². The van der Waals surface area contributed by atoms with Crippen LogP contribution in [0.2, 0.25) is 0 Å². The molecule has 1 heterocycles. The van der Waals surface area contributed by atoms with Gasteiger partial charge in [0.2, 0.25) is 0 Å². The van der Waals surface area contributed by atoms with Crippen molar-refractivity contribution in [2.75, 3.05) is 11.9 Å². The standard InChI is InChI=1S/C12H11N3O4S/c1-14(12-13-6-10(20-12)15(18)19)7-8-2-4-9(5-3-8)11(16)17/h2-6H,7H2,1H3,(H,16,17). The Morgan fingerprint density at radius 1 is 1.45 bits per heavy atom. The first-order chi connectivity index (χ1) is 9.47. The normalized spacial score (nSPS) is 10.2. The number of hydrogen-bond acceptors (Lipinski definition) is 6. The van der Waals surface area contributed by atoms with Crippen molar-refractivity contribution in [3.8, 4) is 0 Å². The largest absolute Gasteiger partial charge is 0.478 e. The Labute approximate surface area is 118 Å². The highest BCUT2D eigenvalue weighted by atomic mass is 32.1. The zero-order valence-corrected chi connectivity index (χ0v) is 11.3. The van der Waals surface area contributed by atoms with Crippen LogP contribution in [0, 0.1) is 10.1 Å². The fourth-order valence-corrected chi connectivity index (χ4v) is 2.30. The first kappa shape index (κ1) is 13.9. The lowest BCUT2D eigenvalue weighted by Gasteiger charge is -2.15. The molecule has 2 aromatic rings. The van der Waals surface area contributed by atoms with Crippen molar-refractivity contribution in [2.45, 2.75) is 6.54 Å². The third-order valence-electron chi connectivity index (χ3n) is 2.61. The second kappa shape index (κ2) is 5.66. The van der Waals surface area contributed by atoms with Gasteiger partial charge in [-0.3, -0.25) is 10.1 Å². The maximum Gasteiger partial charge on any atom is 0.345 e. The van der Waals surface area contributed by atoms with Crippen molar-refractivity contribution in [3.05, 3.63) is 51.7 Å². The summed E-state index contributed by atoms with van der Waals surface area (Å²) in [5.41, 5.74) is 1.12. The molecule has 0 saturated carbocycles. The first-order valence-electron chi connectivity index (χ1n) is 5.61. The van der Waals surface area contributed by atoms with Crippen LogP contribution in [0.5, 0.6) is 0 Å². The smallest absolute Gasteiger partial charge is 0.345 e. The van der Waals surface area contributed by atoms with Gasteiger partial charge in [-0.05, 0) is 29.0 Å². The average molecular weight is 293 g/mol. The third kappa shape index (κ3) is 3.09. The van der Waals surface area contributed by atoms with E-state index in [2.05, 4.69) is 4.98 Å². The molecule has 7 nitrogen and oxygen atoms in total. The number of benzene rings is 1. The highest BCUT2D eigenvalue weighted by molar-refractivity contribution is 7.18. The summed E-state index contributed by atoms with van der Waals surface area (Å²) in [6.45, 7) is 0.491. The Morgan fingerprint density at radius 2 is 2.10 bits per heavy atom. The second-order valence-corrected chi connectivity index (χ2v) is 5.08. The van der Waals surface area contributed by atoms with Gasteiger partial charge in [0.05, 0.1) is 10.5 Å². The molecule has 1 aromatic carbocycles. The van der Waals surface area contributed by atoms with Crippen LogP contribution >= 0.6 is 11.3 Å². The van der Waals surface area contributed by atoms with Crippen LogP contribution in [0.1, 0.15) is 15.9 Å². The Kier molecular flexibility index (Phi) is 3.94. The zero-order valence-electron chi connectivity index (χ0n) is 10.5. The molecule has 0 aliphatic rings. The van der Waals surface area contributed by atoms with Crippen molar-refractivity contribution < 1.29 is 14.8 Å². The summed E-state index contributed by atoms with van der Waals surface area (Å²) in [4.78, 5) is 26.6. The summed E-state index contributed by atoms with van der Waals surface area (Å²) >= 11 is 0.998. The highest BCUT2D eigenvalue weighted by Crippen LogP contribution is 2.28. The Morgan fingerprint density at radius 3 is 2.60 bits per heavy atom. The number of carbonyl (C=O) groups is 1. The summed E-state index contributed by atoms with van der Waals surface area (Å²) in [6.07, 6.45) is 1.23. The molecule has 2 rings (SSSR count). The van der Waals surface area contributed by atoms with Crippen LogP contribution < -0.4 is 4.90 Å². The van der Waals surface area contributed by atoms with Crippen molar-refractivity contribution in [2.24, 2.45) is 0 Å². The van der Waals surface area contributed by atoms with E-state index in [1.54, 1.807) is 24.1 Å². The molecule has 0 saturated heterocycles. The fraction of sp³-hybridized carbons (Fsp3) is 0.167. The van der Waals surface area contributed by atoms with Gasteiger partial charge in [0.1, 0.15) is 6.20 Å². The number of carboxylic acids is 1. The van der Waals surface area contributed by atoms with Crippen LogP contribution in [-0.4, -0.2) is 28.0 Å². The lowest BCUT2D eigenvalue weighted by atomic mass is 10.1. The van der Waals surface area contributed by atoms with Crippen molar-refractivity contribution in [3.63, 3.8) is 0 Å². The molecule has 8 heteroatoms. The van der Waals surface area contributed by atoms with Gasteiger partial charge in [-0.15, -0.1) is 0 Å². The van der Waals surface area contributed by atoms with Gasteiger partial charge in [-0.2, -0.15) is 0 Å². The molecule has 0 spiro atoms. The van der Waals surface area contributed by atoms with E-state index in [-0.39, 0.29) is 10.6 Å². The number of aromatic carboxylic acids is 1. The minimum Gasteiger partial charge on any atom is -0.478 e. The van der Waals surface area contributed by atoms with Crippen LogP contribution in [0.4, 0.5) is 10.1 Å². The molecule has 0 atom stereocenters. The number of nitro groups is 1. The van der Waals surface area contributed by atoms with Gasteiger partial charge in [-0.1, -0.05) is 12.1 Å². The molecule has 0 aliphatic carbocycles. The summed E-state index contributed by atoms with van der Waals surface area (Å²) < 4.78 is 0.